The number of benzene rings is 1. The van der Waals surface area contributed by atoms with Crippen LogP contribution in [-0.4, -0.2) is 5.97 Å². The third-order valence-electron chi connectivity index (χ3n) is 1.08. The maximum atomic E-state index is 9.89. The molecule has 2 nitrogen and oxygen atoms in total. The van der Waals surface area contributed by atoms with Gasteiger partial charge in [0, 0.05) is 5.56 Å². The second-order valence-corrected chi connectivity index (χ2v) is 1.90. The van der Waals surface area contributed by atoms with Crippen molar-refractivity contribution in [2.75, 3.05) is 0 Å². The van der Waals surface area contributed by atoms with E-state index in [1.807, 2.05) is 12.0 Å². The van der Waals surface area contributed by atoms with Gasteiger partial charge in [-0.05, 0) is 18.1 Å². The molecule has 0 radical (unpaired) electrons. The maximum Gasteiger partial charge on any atom is 0.116 e. The van der Waals surface area contributed by atoms with Gasteiger partial charge in [-0.25, -0.2) is 0 Å². The lowest BCUT2D eigenvalue weighted by Crippen LogP contribution is -2.19. The Bertz CT molecular complexity index is 303. The molecule has 1 rings (SSSR count). The van der Waals surface area contributed by atoms with E-state index >= 15 is 0 Å². The van der Waals surface area contributed by atoms with Crippen molar-refractivity contribution in [2.24, 2.45) is 0 Å². The Balaban J connectivity index is 2.83. The van der Waals surface area contributed by atoms with Crippen molar-refractivity contribution in [1.82, 2.24) is 0 Å². The van der Waals surface area contributed by atoms with Gasteiger partial charge in [-0.1, -0.05) is 24.1 Å². The van der Waals surface area contributed by atoms with Crippen molar-refractivity contribution in [3.05, 3.63) is 35.9 Å². The zero-order chi connectivity index (χ0) is 8.10. The van der Waals surface area contributed by atoms with E-state index in [4.69, 9.17) is 0 Å². The zero-order valence-electron chi connectivity index (χ0n) is 5.70. The Morgan fingerprint density at radius 2 is 1.91 bits per heavy atom. The van der Waals surface area contributed by atoms with Crippen LogP contribution in [0.3, 0.4) is 0 Å². The summed E-state index contributed by atoms with van der Waals surface area (Å²) < 4.78 is 0. The lowest BCUT2D eigenvalue weighted by molar-refractivity contribution is -0.295. The van der Waals surface area contributed by atoms with E-state index in [1.165, 1.54) is 0 Å². The van der Waals surface area contributed by atoms with E-state index < -0.39 is 5.97 Å². The minimum atomic E-state index is -1.35. The molecule has 0 aliphatic rings. The Morgan fingerprint density at radius 3 is 2.45 bits per heavy atom. The van der Waals surface area contributed by atoms with Gasteiger partial charge in [-0.15, -0.1) is 0 Å². The average Bonchev–Trinajstić information content (AvgIpc) is 2.03. The Morgan fingerprint density at radius 1 is 1.27 bits per heavy atom. The molecule has 0 spiro atoms. The van der Waals surface area contributed by atoms with E-state index in [0.717, 1.165) is 0 Å². The summed E-state index contributed by atoms with van der Waals surface area (Å²) in [6.45, 7) is 0. The fraction of sp³-hybridized carbons (Fsp3) is 0. The molecule has 54 valence electrons. The molecule has 0 atom stereocenters. The van der Waals surface area contributed by atoms with Crippen LogP contribution in [0.25, 0.3) is 0 Å². The predicted molar refractivity (Wildman–Crippen MR) is 38.3 cm³/mol. The Hall–Kier alpha value is -1.75. The summed E-state index contributed by atoms with van der Waals surface area (Å²) in [6.07, 6.45) is 0. The van der Waals surface area contributed by atoms with Gasteiger partial charge in [0.05, 0.1) is 0 Å². The number of rotatable bonds is 0. The molecule has 0 saturated heterocycles. The molecule has 0 bridgehead atoms. The van der Waals surface area contributed by atoms with Gasteiger partial charge in [0.1, 0.15) is 5.97 Å². The van der Waals surface area contributed by atoms with Crippen molar-refractivity contribution in [3.8, 4) is 11.8 Å². The monoisotopic (exact) mass is 145 g/mol. The van der Waals surface area contributed by atoms with E-state index in [-0.39, 0.29) is 0 Å². The van der Waals surface area contributed by atoms with Crippen LogP contribution < -0.4 is 5.11 Å². The average molecular weight is 145 g/mol. The van der Waals surface area contributed by atoms with Crippen LogP contribution in [0.15, 0.2) is 30.3 Å². The van der Waals surface area contributed by atoms with Crippen LogP contribution in [-0.2, 0) is 4.79 Å². The van der Waals surface area contributed by atoms with E-state index in [0.29, 0.717) is 5.56 Å². The molecule has 0 heterocycles. The fourth-order valence-corrected chi connectivity index (χ4v) is 0.645. The summed E-state index contributed by atoms with van der Waals surface area (Å²) >= 11 is 0. The third kappa shape index (κ3) is 2.55. The van der Waals surface area contributed by atoms with E-state index in [9.17, 15) is 9.90 Å². The van der Waals surface area contributed by atoms with Gasteiger partial charge in [0.25, 0.3) is 0 Å². The molecule has 0 fully saturated rings. The molecule has 2 heteroatoms. The summed E-state index contributed by atoms with van der Waals surface area (Å²) in [5.41, 5.74) is 0.678. The number of aliphatic carboxylic acids is 1. The summed E-state index contributed by atoms with van der Waals surface area (Å²) in [5, 5.41) is 9.89. The molecular weight excluding hydrogens is 140 g/mol. The van der Waals surface area contributed by atoms with Crippen LogP contribution in [0.4, 0.5) is 0 Å². The number of carbonyl (C=O) groups excluding carboxylic acids is 1. The molecule has 1 aromatic rings. The number of hydrogen-bond donors (Lipinski definition) is 0. The highest BCUT2D eigenvalue weighted by molar-refractivity contribution is 5.85. The fourth-order valence-electron chi connectivity index (χ4n) is 0.645. The number of hydrogen-bond acceptors (Lipinski definition) is 2. The smallest absolute Gasteiger partial charge is 0.116 e. The molecule has 0 aliphatic heterocycles. The summed E-state index contributed by atoms with van der Waals surface area (Å²) in [7, 11) is 0. The quantitative estimate of drug-likeness (QED) is 0.474. The number of carboxylic acid groups (broad SMARTS) is 1. The van der Waals surface area contributed by atoms with Crippen molar-refractivity contribution in [3.63, 3.8) is 0 Å². The first kappa shape index (κ1) is 7.36. The van der Waals surface area contributed by atoms with Crippen LogP contribution >= 0.6 is 0 Å². The first-order valence-electron chi connectivity index (χ1n) is 3.07. The SMILES string of the molecule is O=C([O-])C#Cc1ccccc1. The normalized spacial score (nSPS) is 8.00. The lowest BCUT2D eigenvalue weighted by Gasteiger charge is -1.86. The van der Waals surface area contributed by atoms with Gasteiger partial charge < -0.3 is 9.90 Å². The van der Waals surface area contributed by atoms with E-state index in [2.05, 4.69) is 5.92 Å². The van der Waals surface area contributed by atoms with Crippen LogP contribution in [0.5, 0.6) is 0 Å². The molecular formula is C9H5O2-. The van der Waals surface area contributed by atoms with Crippen LogP contribution in [0, 0.1) is 11.8 Å². The van der Waals surface area contributed by atoms with Gasteiger partial charge in [-0.3, -0.25) is 0 Å². The van der Waals surface area contributed by atoms with Crippen LogP contribution in [0.2, 0.25) is 0 Å². The molecule has 0 aliphatic carbocycles. The van der Waals surface area contributed by atoms with E-state index in [1.54, 1.807) is 24.3 Å². The van der Waals surface area contributed by atoms with Gasteiger partial charge in [0.15, 0.2) is 0 Å². The summed E-state index contributed by atoms with van der Waals surface area (Å²) in [4.78, 5) is 9.89. The number of carboxylic acids is 1. The van der Waals surface area contributed by atoms with Crippen molar-refractivity contribution in [1.29, 1.82) is 0 Å². The Labute approximate surface area is 64.5 Å². The predicted octanol–water partition coefficient (Wildman–Crippen LogP) is -0.212. The number of carbonyl (C=O) groups is 1. The minimum absolute atomic E-state index is 0.678. The third-order valence-corrected chi connectivity index (χ3v) is 1.08. The van der Waals surface area contributed by atoms with Crippen molar-refractivity contribution in [2.45, 2.75) is 0 Å². The molecule has 0 saturated carbocycles. The lowest BCUT2D eigenvalue weighted by atomic mass is 10.2. The highest BCUT2D eigenvalue weighted by atomic mass is 16.4. The Kier molecular flexibility index (Phi) is 2.29. The second-order valence-electron chi connectivity index (χ2n) is 1.90. The highest BCUT2D eigenvalue weighted by Gasteiger charge is 1.79. The summed E-state index contributed by atoms with van der Waals surface area (Å²) in [5.74, 6) is 3.00. The van der Waals surface area contributed by atoms with Crippen molar-refractivity contribution >= 4 is 5.97 Å². The molecule has 0 aromatic heterocycles. The largest absolute Gasteiger partial charge is 0.537 e. The van der Waals surface area contributed by atoms with Gasteiger partial charge in [-0.2, -0.15) is 0 Å². The minimum Gasteiger partial charge on any atom is -0.537 e. The topological polar surface area (TPSA) is 40.1 Å². The standard InChI is InChI=1S/C9H6O2/c10-9(11)7-6-8-4-2-1-3-5-8/h1-5H,(H,10,11)/p-1. The zero-order valence-corrected chi connectivity index (χ0v) is 5.70. The first-order chi connectivity index (χ1) is 5.29. The molecule has 11 heavy (non-hydrogen) atoms. The second kappa shape index (κ2) is 3.43. The summed E-state index contributed by atoms with van der Waals surface area (Å²) in [6, 6.07) is 8.88. The molecule has 1 aromatic carbocycles. The first-order valence-corrected chi connectivity index (χ1v) is 3.07. The molecule has 0 N–H and O–H groups in total. The van der Waals surface area contributed by atoms with Crippen LogP contribution in [0.1, 0.15) is 5.56 Å². The van der Waals surface area contributed by atoms with Gasteiger partial charge >= 0.3 is 0 Å². The highest BCUT2D eigenvalue weighted by Crippen LogP contribution is 1.93. The van der Waals surface area contributed by atoms with Crippen molar-refractivity contribution < 1.29 is 9.90 Å². The molecule has 0 unspecified atom stereocenters. The molecule has 0 amide bonds. The maximum absolute atomic E-state index is 9.89. The van der Waals surface area contributed by atoms with Gasteiger partial charge in [0.2, 0.25) is 0 Å².